The Labute approximate surface area is 82.5 Å². The van der Waals surface area contributed by atoms with Crippen molar-refractivity contribution in [2.75, 3.05) is 0 Å². The van der Waals surface area contributed by atoms with Gasteiger partial charge in [-0.2, -0.15) is 0 Å². The van der Waals surface area contributed by atoms with E-state index in [-0.39, 0.29) is 6.10 Å². The van der Waals surface area contributed by atoms with E-state index in [4.69, 9.17) is 0 Å². The summed E-state index contributed by atoms with van der Waals surface area (Å²) in [5.74, 6) is 1.36. The van der Waals surface area contributed by atoms with Crippen LogP contribution >= 0.6 is 0 Å². The molecule has 1 nitrogen and oxygen atoms in total. The van der Waals surface area contributed by atoms with E-state index in [2.05, 4.69) is 27.7 Å². The second-order valence-corrected chi connectivity index (χ2v) is 5.69. The lowest BCUT2D eigenvalue weighted by Gasteiger charge is -2.12. The summed E-state index contributed by atoms with van der Waals surface area (Å²) in [5.41, 5.74) is 0.428. The van der Waals surface area contributed by atoms with Crippen LogP contribution in [-0.4, -0.2) is 11.2 Å². The maximum atomic E-state index is 9.84. The Morgan fingerprint density at radius 2 is 1.85 bits per heavy atom. The molecule has 0 aliphatic heterocycles. The first-order valence-corrected chi connectivity index (χ1v) is 5.61. The van der Waals surface area contributed by atoms with Gasteiger partial charge in [0.1, 0.15) is 0 Å². The Hall–Kier alpha value is -0.0400. The van der Waals surface area contributed by atoms with Gasteiger partial charge in [-0.15, -0.1) is 0 Å². The first-order valence-electron chi connectivity index (χ1n) is 5.61. The summed E-state index contributed by atoms with van der Waals surface area (Å²) in [6.07, 6.45) is 4.63. The van der Waals surface area contributed by atoms with E-state index in [0.717, 1.165) is 12.3 Å². The van der Waals surface area contributed by atoms with Crippen LogP contribution in [0.2, 0.25) is 0 Å². The van der Waals surface area contributed by atoms with E-state index in [1.165, 1.54) is 19.3 Å². The molecule has 2 atom stereocenters. The molecule has 0 radical (unpaired) electrons. The fourth-order valence-corrected chi connectivity index (χ4v) is 2.10. The molecule has 0 saturated heterocycles. The van der Waals surface area contributed by atoms with Crippen LogP contribution in [0.25, 0.3) is 0 Å². The summed E-state index contributed by atoms with van der Waals surface area (Å²) in [6.45, 7) is 8.99. The van der Waals surface area contributed by atoms with Crippen molar-refractivity contribution in [1.29, 1.82) is 0 Å². The van der Waals surface area contributed by atoms with Gasteiger partial charge in [0.25, 0.3) is 0 Å². The van der Waals surface area contributed by atoms with Crippen LogP contribution in [0.4, 0.5) is 0 Å². The van der Waals surface area contributed by atoms with Gasteiger partial charge in [-0.3, -0.25) is 0 Å². The molecule has 1 saturated carbocycles. The van der Waals surface area contributed by atoms with Crippen molar-refractivity contribution in [3.63, 3.8) is 0 Å². The van der Waals surface area contributed by atoms with Crippen LogP contribution in [0.5, 0.6) is 0 Å². The van der Waals surface area contributed by atoms with Crippen LogP contribution in [0, 0.1) is 17.3 Å². The predicted molar refractivity (Wildman–Crippen MR) is 56.6 cm³/mol. The highest BCUT2D eigenvalue weighted by Gasteiger charge is 2.49. The van der Waals surface area contributed by atoms with Crippen LogP contribution in [-0.2, 0) is 0 Å². The van der Waals surface area contributed by atoms with Gasteiger partial charge >= 0.3 is 0 Å². The monoisotopic (exact) mass is 184 g/mol. The van der Waals surface area contributed by atoms with Crippen LogP contribution in [0.3, 0.4) is 0 Å². The molecule has 0 amide bonds. The SMILES string of the molecule is CC(C)CCCC(O)C1CC1(C)C. The van der Waals surface area contributed by atoms with Crippen molar-refractivity contribution in [2.45, 2.75) is 59.5 Å². The van der Waals surface area contributed by atoms with Gasteiger partial charge in [-0.1, -0.05) is 40.5 Å². The van der Waals surface area contributed by atoms with Gasteiger partial charge in [0.05, 0.1) is 6.10 Å². The molecular weight excluding hydrogens is 160 g/mol. The normalized spacial score (nSPS) is 27.7. The van der Waals surface area contributed by atoms with E-state index >= 15 is 0 Å². The second kappa shape index (κ2) is 4.00. The highest BCUT2D eigenvalue weighted by atomic mass is 16.3. The summed E-state index contributed by atoms with van der Waals surface area (Å²) in [6, 6.07) is 0. The zero-order valence-corrected chi connectivity index (χ0v) is 9.51. The minimum Gasteiger partial charge on any atom is -0.393 e. The third-order valence-electron chi connectivity index (χ3n) is 3.34. The van der Waals surface area contributed by atoms with E-state index in [1.807, 2.05) is 0 Å². The number of aliphatic hydroxyl groups is 1. The van der Waals surface area contributed by atoms with Gasteiger partial charge < -0.3 is 5.11 Å². The molecule has 0 aromatic carbocycles. The first-order chi connectivity index (χ1) is 5.93. The summed E-state index contributed by atoms with van der Waals surface area (Å²) in [7, 11) is 0. The molecule has 13 heavy (non-hydrogen) atoms. The lowest BCUT2D eigenvalue weighted by atomic mass is 9.99. The van der Waals surface area contributed by atoms with Crippen molar-refractivity contribution in [1.82, 2.24) is 0 Å². The average Bonchev–Trinajstić information content (AvgIpc) is 2.59. The van der Waals surface area contributed by atoms with Gasteiger partial charge in [0.15, 0.2) is 0 Å². The number of hydrogen-bond donors (Lipinski definition) is 1. The fourth-order valence-electron chi connectivity index (χ4n) is 2.10. The first kappa shape index (κ1) is 11.0. The summed E-state index contributed by atoms with van der Waals surface area (Å²) >= 11 is 0. The van der Waals surface area contributed by atoms with Gasteiger partial charge in [0, 0.05) is 0 Å². The van der Waals surface area contributed by atoms with Crippen molar-refractivity contribution >= 4 is 0 Å². The maximum Gasteiger partial charge on any atom is 0.0573 e. The van der Waals surface area contributed by atoms with E-state index < -0.39 is 0 Å². The molecular formula is C12H24O. The Morgan fingerprint density at radius 1 is 1.31 bits per heavy atom. The second-order valence-electron chi connectivity index (χ2n) is 5.69. The molecule has 0 heterocycles. The molecule has 0 aromatic heterocycles. The highest BCUT2D eigenvalue weighted by molar-refractivity contribution is 4.98. The Bertz CT molecular complexity index is 161. The number of rotatable bonds is 5. The Balaban J connectivity index is 2.09. The minimum absolute atomic E-state index is 0.0336. The zero-order chi connectivity index (χ0) is 10.1. The molecule has 1 heteroatoms. The third-order valence-corrected chi connectivity index (χ3v) is 3.34. The number of hydrogen-bond acceptors (Lipinski definition) is 1. The Morgan fingerprint density at radius 3 is 2.23 bits per heavy atom. The van der Waals surface area contributed by atoms with E-state index in [0.29, 0.717) is 11.3 Å². The molecule has 1 N–H and O–H groups in total. The van der Waals surface area contributed by atoms with Crippen LogP contribution in [0.1, 0.15) is 53.4 Å². The largest absolute Gasteiger partial charge is 0.393 e. The fraction of sp³-hybridized carbons (Fsp3) is 1.00. The zero-order valence-electron chi connectivity index (χ0n) is 9.51. The Kier molecular flexibility index (Phi) is 3.39. The van der Waals surface area contributed by atoms with Crippen molar-refractivity contribution in [3.8, 4) is 0 Å². The van der Waals surface area contributed by atoms with Gasteiger partial charge in [-0.25, -0.2) is 0 Å². The van der Waals surface area contributed by atoms with Crippen LogP contribution in [0.15, 0.2) is 0 Å². The molecule has 1 rings (SSSR count). The quantitative estimate of drug-likeness (QED) is 0.695. The third kappa shape index (κ3) is 3.30. The lowest BCUT2D eigenvalue weighted by molar-refractivity contribution is 0.123. The summed E-state index contributed by atoms with van der Waals surface area (Å²) in [5, 5.41) is 9.84. The topological polar surface area (TPSA) is 20.2 Å². The molecule has 0 spiro atoms. The van der Waals surface area contributed by atoms with E-state index in [1.54, 1.807) is 0 Å². The highest BCUT2D eigenvalue weighted by Crippen LogP contribution is 2.54. The van der Waals surface area contributed by atoms with Gasteiger partial charge in [-0.05, 0) is 30.1 Å². The molecule has 78 valence electrons. The van der Waals surface area contributed by atoms with Gasteiger partial charge in [0.2, 0.25) is 0 Å². The molecule has 1 fully saturated rings. The van der Waals surface area contributed by atoms with Crippen molar-refractivity contribution < 1.29 is 5.11 Å². The minimum atomic E-state index is -0.0336. The molecule has 0 bridgehead atoms. The molecule has 0 aromatic rings. The average molecular weight is 184 g/mol. The summed E-state index contributed by atoms with van der Waals surface area (Å²) in [4.78, 5) is 0. The lowest BCUT2D eigenvalue weighted by Crippen LogP contribution is -2.13. The van der Waals surface area contributed by atoms with Crippen molar-refractivity contribution in [2.24, 2.45) is 17.3 Å². The number of aliphatic hydroxyl groups excluding tert-OH is 1. The molecule has 1 aliphatic carbocycles. The van der Waals surface area contributed by atoms with Crippen LogP contribution < -0.4 is 0 Å². The summed E-state index contributed by atoms with van der Waals surface area (Å²) < 4.78 is 0. The molecule has 1 aliphatic rings. The van der Waals surface area contributed by atoms with E-state index in [9.17, 15) is 5.11 Å². The predicted octanol–water partition coefficient (Wildman–Crippen LogP) is 3.22. The standard InChI is InChI=1S/C12H24O/c1-9(2)6-5-7-11(13)10-8-12(10,3)4/h9-11,13H,5-8H2,1-4H3. The molecule has 2 unspecified atom stereocenters. The van der Waals surface area contributed by atoms with Crippen molar-refractivity contribution in [3.05, 3.63) is 0 Å². The smallest absolute Gasteiger partial charge is 0.0573 e. The maximum absolute atomic E-state index is 9.84.